The number of anilines is 1. The molecule has 1 aliphatic rings. The Morgan fingerprint density at radius 3 is 2.96 bits per heavy atom. The average Bonchev–Trinajstić information content (AvgIpc) is 3.05. The Balaban J connectivity index is 1.62. The maximum Gasteiger partial charge on any atom is 0.263 e. The summed E-state index contributed by atoms with van der Waals surface area (Å²) in [6.07, 6.45) is 3.32. The van der Waals surface area contributed by atoms with Gasteiger partial charge in [-0.25, -0.2) is 0 Å². The maximum absolute atomic E-state index is 12.1. The summed E-state index contributed by atoms with van der Waals surface area (Å²) in [6.45, 7) is 2.80. The molecule has 3 heterocycles. The summed E-state index contributed by atoms with van der Waals surface area (Å²) in [5.41, 5.74) is 2.61. The topological polar surface area (TPSA) is 95.7 Å². The number of hydrogen-bond donors (Lipinski definition) is 3. The lowest BCUT2D eigenvalue weighted by molar-refractivity contribution is 0.00545. The van der Waals surface area contributed by atoms with Crippen LogP contribution in [-0.4, -0.2) is 32.8 Å². The number of hydrogen-bond acceptors (Lipinski definition) is 5. The van der Waals surface area contributed by atoms with Crippen LogP contribution in [-0.2, 0) is 4.74 Å². The standard InChI is InChI=1S/C17H19N5O2/c1-10-4-6-11(7-5-10)14-13(3-2-8-24-14)19-17-20-15-12(9-18-22-15)16(23)21-17/h4-7,9,13-14H,2-3,8H2,1H3,(H3,18,19,20,21,22,23)/t13-,14+/m1/s1. The predicted molar refractivity (Wildman–Crippen MR) is 91.0 cm³/mol. The quantitative estimate of drug-likeness (QED) is 0.686. The minimum atomic E-state index is -0.208. The van der Waals surface area contributed by atoms with Gasteiger partial charge in [-0.15, -0.1) is 0 Å². The zero-order valence-corrected chi connectivity index (χ0v) is 13.4. The van der Waals surface area contributed by atoms with Crippen molar-refractivity contribution in [3.05, 3.63) is 51.9 Å². The minimum absolute atomic E-state index is 0.0463. The van der Waals surface area contributed by atoms with Gasteiger partial charge in [0.05, 0.1) is 12.2 Å². The molecule has 0 bridgehead atoms. The van der Waals surface area contributed by atoms with Crippen molar-refractivity contribution < 1.29 is 4.74 Å². The van der Waals surface area contributed by atoms with Crippen LogP contribution < -0.4 is 10.9 Å². The molecule has 4 rings (SSSR count). The van der Waals surface area contributed by atoms with Crippen molar-refractivity contribution in [2.75, 3.05) is 11.9 Å². The normalized spacial score (nSPS) is 21.0. The van der Waals surface area contributed by atoms with Crippen LogP contribution in [0.1, 0.15) is 30.1 Å². The van der Waals surface area contributed by atoms with E-state index < -0.39 is 0 Å². The van der Waals surface area contributed by atoms with E-state index in [1.54, 1.807) is 0 Å². The highest BCUT2D eigenvalue weighted by Gasteiger charge is 2.28. The Morgan fingerprint density at radius 2 is 2.12 bits per heavy atom. The molecule has 0 radical (unpaired) electrons. The lowest BCUT2D eigenvalue weighted by atomic mass is 9.95. The van der Waals surface area contributed by atoms with Crippen LogP contribution >= 0.6 is 0 Å². The zero-order valence-electron chi connectivity index (χ0n) is 13.4. The van der Waals surface area contributed by atoms with E-state index in [0.717, 1.165) is 25.0 Å². The minimum Gasteiger partial charge on any atom is -0.371 e. The zero-order chi connectivity index (χ0) is 16.5. The molecule has 0 saturated carbocycles. The van der Waals surface area contributed by atoms with E-state index in [4.69, 9.17) is 4.74 Å². The van der Waals surface area contributed by atoms with Gasteiger partial charge in [-0.05, 0) is 25.3 Å². The number of aromatic nitrogens is 4. The molecule has 1 aliphatic heterocycles. The SMILES string of the molecule is Cc1ccc([C@@H]2OCCC[C@H]2Nc2nc3[nH]ncc3c(=O)[nH]2)cc1. The number of nitrogens with one attached hydrogen (secondary N) is 3. The first-order chi connectivity index (χ1) is 11.7. The molecule has 0 amide bonds. The summed E-state index contributed by atoms with van der Waals surface area (Å²) >= 11 is 0. The third-order valence-electron chi connectivity index (χ3n) is 4.37. The number of aromatic amines is 2. The van der Waals surface area contributed by atoms with Crippen LogP contribution in [0, 0.1) is 6.92 Å². The Hall–Kier alpha value is -2.67. The van der Waals surface area contributed by atoms with Crippen LogP contribution in [0.4, 0.5) is 5.95 Å². The fourth-order valence-electron chi connectivity index (χ4n) is 3.10. The monoisotopic (exact) mass is 325 g/mol. The van der Waals surface area contributed by atoms with Crippen LogP contribution in [0.2, 0.25) is 0 Å². The molecule has 7 heteroatoms. The Morgan fingerprint density at radius 1 is 1.29 bits per heavy atom. The molecular formula is C17H19N5O2. The van der Waals surface area contributed by atoms with E-state index in [2.05, 4.69) is 56.7 Å². The lowest BCUT2D eigenvalue weighted by Crippen LogP contribution is -2.34. The van der Waals surface area contributed by atoms with Crippen molar-refractivity contribution >= 4 is 17.0 Å². The molecule has 24 heavy (non-hydrogen) atoms. The smallest absolute Gasteiger partial charge is 0.263 e. The molecular weight excluding hydrogens is 306 g/mol. The molecule has 1 saturated heterocycles. The largest absolute Gasteiger partial charge is 0.371 e. The molecule has 1 aromatic carbocycles. The molecule has 3 N–H and O–H groups in total. The van der Waals surface area contributed by atoms with Crippen molar-refractivity contribution in [3.8, 4) is 0 Å². The highest BCUT2D eigenvalue weighted by atomic mass is 16.5. The Labute approximate surface area is 138 Å². The summed E-state index contributed by atoms with van der Waals surface area (Å²) in [6, 6.07) is 8.40. The lowest BCUT2D eigenvalue weighted by Gasteiger charge is -2.32. The molecule has 124 valence electrons. The molecule has 1 fully saturated rings. The van der Waals surface area contributed by atoms with E-state index in [1.807, 2.05) is 0 Å². The molecule has 3 aromatic rings. The van der Waals surface area contributed by atoms with Gasteiger partial charge in [0.25, 0.3) is 5.56 Å². The second-order valence-corrected chi connectivity index (χ2v) is 6.14. The summed E-state index contributed by atoms with van der Waals surface area (Å²) < 4.78 is 5.99. The van der Waals surface area contributed by atoms with E-state index in [-0.39, 0.29) is 17.7 Å². The van der Waals surface area contributed by atoms with Gasteiger partial charge in [-0.3, -0.25) is 14.9 Å². The van der Waals surface area contributed by atoms with Crippen LogP contribution in [0.3, 0.4) is 0 Å². The van der Waals surface area contributed by atoms with Gasteiger partial charge >= 0.3 is 0 Å². The van der Waals surface area contributed by atoms with Crippen molar-refractivity contribution in [1.29, 1.82) is 0 Å². The molecule has 0 spiro atoms. The second-order valence-electron chi connectivity index (χ2n) is 6.14. The number of benzene rings is 1. The van der Waals surface area contributed by atoms with Crippen molar-refractivity contribution in [3.63, 3.8) is 0 Å². The van der Waals surface area contributed by atoms with Gasteiger partial charge in [-0.2, -0.15) is 10.1 Å². The van der Waals surface area contributed by atoms with E-state index in [9.17, 15) is 4.79 Å². The van der Waals surface area contributed by atoms with Gasteiger partial charge in [0.2, 0.25) is 5.95 Å². The van der Waals surface area contributed by atoms with Gasteiger partial charge in [0.1, 0.15) is 11.5 Å². The predicted octanol–water partition coefficient (Wildman–Crippen LogP) is 2.29. The molecule has 2 aromatic heterocycles. The molecule has 0 unspecified atom stereocenters. The molecule has 2 atom stereocenters. The van der Waals surface area contributed by atoms with E-state index in [0.29, 0.717) is 17.0 Å². The third-order valence-corrected chi connectivity index (χ3v) is 4.37. The highest BCUT2D eigenvalue weighted by Crippen LogP contribution is 2.30. The number of aryl methyl sites for hydroxylation is 1. The number of rotatable bonds is 3. The van der Waals surface area contributed by atoms with Crippen LogP contribution in [0.5, 0.6) is 0 Å². The highest BCUT2D eigenvalue weighted by molar-refractivity contribution is 5.73. The van der Waals surface area contributed by atoms with Gasteiger partial charge in [-0.1, -0.05) is 29.8 Å². The average molecular weight is 325 g/mol. The van der Waals surface area contributed by atoms with Gasteiger partial charge in [0.15, 0.2) is 5.65 Å². The Bertz CT molecular complexity index is 899. The van der Waals surface area contributed by atoms with Gasteiger partial charge < -0.3 is 10.1 Å². The third kappa shape index (κ3) is 2.78. The Kier molecular flexibility index (Phi) is 3.78. The summed E-state index contributed by atoms with van der Waals surface area (Å²) in [5, 5.41) is 10.4. The first-order valence-corrected chi connectivity index (χ1v) is 8.09. The van der Waals surface area contributed by atoms with E-state index in [1.165, 1.54) is 11.8 Å². The van der Waals surface area contributed by atoms with E-state index >= 15 is 0 Å². The van der Waals surface area contributed by atoms with Crippen molar-refractivity contribution in [1.82, 2.24) is 20.2 Å². The summed E-state index contributed by atoms with van der Waals surface area (Å²) in [4.78, 5) is 19.2. The first kappa shape index (κ1) is 14.9. The summed E-state index contributed by atoms with van der Waals surface area (Å²) in [7, 11) is 0. The van der Waals surface area contributed by atoms with Crippen LogP contribution in [0.25, 0.3) is 11.0 Å². The molecule has 0 aliphatic carbocycles. The number of nitrogens with zero attached hydrogens (tertiary/aromatic N) is 2. The number of ether oxygens (including phenoxy) is 1. The summed E-state index contributed by atoms with van der Waals surface area (Å²) in [5.74, 6) is 0.435. The molecule has 7 nitrogen and oxygen atoms in total. The fourth-order valence-corrected chi connectivity index (χ4v) is 3.10. The number of fused-ring (bicyclic) bond motifs is 1. The fraction of sp³-hybridized carbons (Fsp3) is 0.353. The second kappa shape index (κ2) is 6.09. The number of H-pyrrole nitrogens is 2. The first-order valence-electron chi connectivity index (χ1n) is 8.09. The van der Waals surface area contributed by atoms with Crippen molar-refractivity contribution in [2.45, 2.75) is 31.9 Å². The van der Waals surface area contributed by atoms with Crippen LogP contribution in [0.15, 0.2) is 35.3 Å². The van der Waals surface area contributed by atoms with Crippen molar-refractivity contribution in [2.24, 2.45) is 0 Å². The van der Waals surface area contributed by atoms with Gasteiger partial charge in [0, 0.05) is 6.61 Å². The maximum atomic E-state index is 12.1.